The fourth-order valence-corrected chi connectivity index (χ4v) is 4.62. The molecule has 2 fully saturated rings. The van der Waals surface area contributed by atoms with Gasteiger partial charge in [-0.2, -0.15) is 0 Å². The molecule has 0 saturated carbocycles. The minimum atomic E-state index is -0.689. The number of hydrogen-bond acceptors (Lipinski definition) is 5. The van der Waals surface area contributed by atoms with E-state index in [1.54, 1.807) is 30.1 Å². The Morgan fingerprint density at radius 2 is 2.11 bits per heavy atom. The lowest BCUT2D eigenvalue weighted by Crippen LogP contribution is -2.41. The van der Waals surface area contributed by atoms with Crippen LogP contribution in [-0.4, -0.2) is 42.0 Å². The van der Waals surface area contributed by atoms with Crippen molar-refractivity contribution in [2.75, 3.05) is 18.9 Å². The van der Waals surface area contributed by atoms with Gasteiger partial charge in [0.1, 0.15) is 11.2 Å². The van der Waals surface area contributed by atoms with E-state index in [0.29, 0.717) is 17.8 Å². The maximum absolute atomic E-state index is 13.0. The molecule has 7 nitrogen and oxygen atoms in total. The number of carbonyl (C=O) groups excluding carboxylic acids is 2. The highest BCUT2D eigenvalue weighted by molar-refractivity contribution is 6.00. The molecular formula is C20H18N2O5. The molecule has 0 aliphatic carbocycles. The Hall–Kier alpha value is -2.93. The maximum Gasteiger partial charge on any atom is 0.336 e. The topological polar surface area (TPSA) is 88.9 Å². The van der Waals surface area contributed by atoms with Crippen LogP contribution in [0.4, 0.5) is 5.69 Å². The van der Waals surface area contributed by atoms with Gasteiger partial charge in [0.2, 0.25) is 11.8 Å². The van der Waals surface area contributed by atoms with E-state index >= 15 is 0 Å². The summed E-state index contributed by atoms with van der Waals surface area (Å²) in [5.74, 6) is -1.41. The smallest absolute Gasteiger partial charge is 0.336 e. The van der Waals surface area contributed by atoms with Crippen molar-refractivity contribution in [3.8, 4) is 0 Å². The average molecular weight is 366 g/mol. The summed E-state index contributed by atoms with van der Waals surface area (Å²) in [6.07, 6.45) is 3.39. The predicted octanol–water partition coefficient (Wildman–Crippen LogP) is 1.45. The van der Waals surface area contributed by atoms with Gasteiger partial charge in [-0.1, -0.05) is 12.2 Å². The minimum Gasteiger partial charge on any atom is -0.423 e. The Kier molecular flexibility index (Phi) is 3.19. The zero-order chi connectivity index (χ0) is 18.9. The predicted molar refractivity (Wildman–Crippen MR) is 97.2 cm³/mol. The zero-order valence-electron chi connectivity index (χ0n) is 14.9. The molecule has 1 aromatic heterocycles. The fourth-order valence-electron chi connectivity index (χ4n) is 4.62. The number of hydrogen-bond donors (Lipinski definition) is 1. The van der Waals surface area contributed by atoms with Crippen LogP contribution in [-0.2, 0) is 14.3 Å². The van der Waals surface area contributed by atoms with Gasteiger partial charge in [0.25, 0.3) is 0 Å². The number of ether oxygens (including phenoxy) is 1. The van der Waals surface area contributed by atoms with Crippen LogP contribution in [0.15, 0.2) is 45.6 Å². The third-order valence-electron chi connectivity index (χ3n) is 5.81. The van der Waals surface area contributed by atoms with Crippen LogP contribution in [0.25, 0.3) is 11.0 Å². The standard InChI is InChI=1S/C20H18N2O5/c1-10-7-15(23)26-14-8-11(3-4-12(10)14)21-18(24)16-13-5-6-20(27-13)9-22(2)19(25)17(16)20/h3-8,13,16-17H,9H2,1-2H3,(H,21,24)/t13-,16-,17+,20-/m0/s1. The van der Waals surface area contributed by atoms with Crippen molar-refractivity contribution in [3.63, 3.8) is 0 Å². The van der Waals surface area contributed by atoms with Gasteiger partial charge in [-0.3, -0.25) is 9.59 Å². The van der Waals surface area contributed by atoms with Crippen molar-refractivity contribution in [2.24, 2.45) is 11.8 Å². The van der Waals surface area contributed by atoms with E-state index in [1.807, 2.05) is 19.1 Å². The SMILES string of the molecule is Cc1cc(=O)oc2cc(NC(=O)[C@H]3[C@@H]4C=C[C@@]5(CN(C)C(=O)[C@@H]35)O4)ccc12. The van der Waals surface area contributed by atoms with Crippen LogP contribution >= 0.6 is 0 Å². The molecular weight excluding hydrogens is 348 g/mol. The molecule has 27 heavy (non-hydrogen) atoms. The number of amides is 2. The summed E-state index contributed by atoms with van der Waals surface area (Å²) in [5.41, 5.74) is 0.617. The number of anilines is 1. The van der Waals surface area contributed by atoms with Crippen molar-refractivity contribution in [2.45, 2.75) is 18.6 Å². The number of nitrogens with zero attached hydrogens (tertiary/aromatic N) is 1. The van der Waals surface area contributed by atoms with Crippen molar-refractivity contribution < 1.29 is 18.7 Å². The van der Waals surface area contributed by atoms with Crippen LogP contribution in [0.3, 0.4) is 0 Å². The molecule has 4 heterocycles. The first-order chi connectivity index (χ1) is 12.9. The second-order valence-electron chi connectivity index (χ2n) is 7.54. The Morgan fingerprint density at radius 3 is 2.93 bits per heavy atom. The van der Waals surface area contributed by atoms with E-state index in [1.165, 1.54) is 6.07 Å². The molecule has 0 radical (unpaired) electrons. The molecule has 0 unspecified atom stereocenters. The van der Waals surface area contributed by atoms with E-state index in [2.05, 4.69) is 5.32 Å². The summed E-state index contributed by atoms with van der Waals surface area (Å²) in [4.78, 5) is 38.8. The van der Waals surface area contributed by atoms with Crippen molar-refractivity contribution in [3.05, 3.63) is 52.4 Å². The number of likely N-dealkylation sites (tertiary alicyclic amines) is 1. The minimum absolute atomic E-state index is 0.0675. The normalized spacial score (nSPS) is 31.0. The maximum atomic E-state index is 13.0. The van der Waals surface area contributed by atoms with E-state index in [0.717, 1.165) is 10.9 Å². The van der Waals surface area contributed by atoms with E-state index in [-0.39, 0.29) is 11.8 Å². The molecule has 4 atom stereocenters. The molecule has 1 spiro atoms. The van der Waals surface area contributed by atoms with Gasteiger partial charge in [-0.15, -0.1) is 0 Å². The van der Waals surface area contributed by atoms with Crippen LogP contribution in [0, 0.1) is 18.8 Å². The highest BCUT2D eigenvalue weighted by Crippen LogP contribution is 2.51. The van der Waals surface area contributed by atoms with Gasteiger partial charge in [-0.05, 0) is 24.6 Å². The number of rotatable bonds is 2. The van der Waals surface area contributed by atoms with Crippen LogP contribution in [0.1, 0.15) is 5.56 Å². The molecule has 5 rings (SSSR count). The highest BCUT2D eigenvalue weighted by Gasteiger charge is 2.66. The summed E-state index contributed by atoms with van der Waals surface area (Å²) in [6, 6.07) is 6.62. The van der Waals surface area contributed by atoms with Crippen LogP contribution in [0.2, 0.25) is 0 Å². The average Bonchev–Trinajstić information content (AvgIpc) is 3.22. The van der Waals surface area contributed by atoms with Crippen LogP contribution in [0.5, 0.6) is 0 Å². The van der Waals surface area contributed by atoms with Gasteiger partial charge in [-0.25, -0.2) is 4.79 Å². The third-order valence-corrected chi connectivity index (χ3v) is 5.81. The monoisotopic (exact) mass is 366 g/mol. The molecule has 2 amide bonds. The summed E-state index contributed by atoms with van der Waals surface area (Å²) >= 11 is 0. The van der Waals surface area contributed by atoms with Crippen LogP contribution < -0.4 is 10.9 Å². The number of carbonyl (C=O) groups is 2. The van der Waals surface area contributed by atoms with Gasteiger partial charge >= 0.3 is 5.63 Å². The lowest BCUT2D eigenvalue weighted by atomic mass is 9.77. The molecule has 7 heteroatoms. The van der Waals surface area contributed by atoms with Gasteiger partial charge in [0.05, 0.1) is 24.5 Å². The van der Waals surface area contributed by atoms with Gasteiger partial charge in [0.15, 0.2) is 0 Å². The quantitative estimate of drug-likeness (QED) is 0.642. The van der Waals surface area contributed by atoms with Gasteiger partial charge < -0.3 is 19.4 Å². The van der Waals surface area contributed by atoms with Crippen molar-refractivity contribution >= 4 is 28.5 Å². The second-order valence-corrected chi connectivity index (χ2v) is 7.54. The van der Waals surface area contributed by atoms with Crippen molar-refractivity contribution in [1.82, 2.24) is 4.90 Å². The summed E-state index contributed by atoms with van der Waals surface area (Å²) in [5, 5.41) is 3.67. The highest BCUT2D eigenvalue weighted by atomic mass is 16.5. The molecule has 3 aliphatic rings. The van der Waals surface area contributed by atoms with E-state index in [4.69, 9.17) is 9.15 Å². The lowest BCUT2D eigenvalue weighted by molar-refractivity contribution is -0.134. The molecule has 2 aromatic rings. The zero-order valence-corrected chi connectivity index (χ0v) is 14.9. The molecule has 2 saturated heterocycles. The number of nitrogens with one attached hydrogen (secondary N) is 1. The molecule has 2 bridgehead atoms. The number of fused-ring (bicyclic) bond motifs is 2. The lowest BCUT2D eigenvalue weighted by Gasteiger charge is -2.23. The first kappa shape index (κ1) is 16.3. The fraction of sp³-hybridized carbons (Fsp3) is 0.350. The Balaban J connectivity index is 1.46. The Bertz CT molecular complexity index is 1090. The Morgan fingerprint density at radius 1 is 1.30 bits per heavy atom. The molecule has 1 aromatic carbocycles. The third kappa shape index (κ3) is 2.21. The van der Waals surface area contributed by atoms with E-state index in [9.17, 15) is 14.4 Å². The number of aryl methyl sites for hydroxylation is 1. The van der Waals surface area contributed by atoms with E-state index < -0.39 is 29.2 Å². The first-order valence-corrected chi connectivity index (χ1v) is 8.85. The molecule has 138 valence electrons. The number of benzene rings is 1. The largest absolute Gasteiger partial charge is 0.423 e. The Labute approximate surface area is 154 Å². The molecule has 1 N–H and O–H groups in total. The van der Waals surface area contributed by atoms with Crippen molar-refractivity contribution in [1.29, 1.82) is 0 Å². The first-order valence-electron chi connectivity index (χ1n) is 8.85. The second kappa shape index (κ2) is 5.29. The summed E-state index contributed by atoms with van der Waals surface area (Å²) < 4.78 is 11.2. The summed E-state index contributed by atoms with van der Waals surface area (Å²) in [6.45, 7) is 2.30. The number of likely N-dealkylation sites (N-methyl/N-ethyl adjacent to an activating group) is 1. The summed E-state index contributed by atoms with van der Waals surface area (Å²) in [7, 11) is 1.72. The molecule has 3 aliphatic heterocycles. The van der Waals surface area contributed by atoms with Gasteiger partial charge in [0, 0.05) is 30.3 Å².